The first kappa shape index (κ1) is 27.7. The molecule has 0 spiro atoms. The van der Waals surface area contributed by atoms with Crippen LogP contribution in [0.5, 0.6) is 5.75 Å². The van der Waals surface area contributed by atoms with Crippen LogP contribution in [0.1, 0.15) is 29.1 Å². The van der Waals surface area contributed by atoms with Crippen molar-refractivity contribution in [1.82, 2.24) is 25.3 Å². The average molecular weight is 538 g/mol. The number of nitrogens with one attached hydrogen (secondary N) is 1. The highest BCUT2D eigenvalue weighted by Gasteiger charge is 2.33. The summed E-state index contributed by atoms with van der Waals surface area (Å²) in [7, 11) is 1.80. The lowest BCUT2D eigenvalue weighted by atomic mass is 9.98. The Labute approximate surface area is 229 Å². The Bertz CT molecular complexity index is 1240. The van der Waals surface area contributed by atoms with E-state index in [2.05, 4.69) is 22.3 Å². The van der Waals surface area contributed by atoms with Gasteiger partial charge in [-0.1, -0.05) is 17.3 Å². The maximum atomic E-state index is 10.1. The zero-order valence-corrected chi connectivity index (χ0v) is 23.3. The molecule has 0 saturated carbocycles. The predicted molar refractivity (Wildman–Crippen MR) is 147 cm³/mol. The van der Waals surface area contributed by atoms with Gasteiger partial charge in [0.2, 0.25) is 0 Å². The number of ether oxygens (including phenoxy) is 3. The normalized spacial score (nSPS) is 19.2. The number of aromatic nitrogens is 3. The van der Waals surface area contributed by atoms with E-state index in [1.165, 1.54) is 0 Å². The molecular weight excluding hydrogens is 498 g/mol. The van der Waals surface area contributed by atoms with Gasteiger partial charge in [0.1, 0.15) is 24.2 Å². The Morgan fingerprint density at radius 3 is 2.72 bits per heavy atom. The Balaban J connectivity index is 1.45. The van der Waals surface area contributed by atoms with Crippen LogP contribution in [-0.2, 0) is 15.9 Å². The first-order valence-electron chi connectivity index (χ1n) is 13.7. The van der Waals surface area contributed by atoms with Crippen LogP contribution >= 0.6 is 0 Å². The van der Waals surface area contributed by atoms with Crippen molar-refractivity contribution in [2.45, 2.75) is 51.8 Å². The van der Waals surface area contributed by atoms with Crippen molar-refractivity contribution in [3.63, 3.8) is 0 Å². The third-order valence-electron chi connectivity index (χ3n) is 7.57. The largest absolute Gasteiger partial charge is 0.491 e. The second-order valence-electron chi connectivity index (χ2n) is 10.4. The zero-order chi connectivity index (χ0) is 27.4. The van der Waals surface area contributed by atoms with E-state index in [4.69, 9.17) is 28.7 Å². The minimum absolute atomic E-state index is 0.195. The molecule has 2 N–H and O–H groups in total. The van der Waals surface area contributed by atoms with Crippen LogP contribution in [0, 0.1) is 20.8 Å². The predicted octanol–water partition coefficient (Wildman–Crippen LogP) is 2.72. The summed E-state index contributed by atoms with van der Waals surface area (Å²) < 4.78 is 22.7. The number of aliphatic hydroxyl groups is 1. The highest BCUT2D eigenvalue weighted by atomic mass is 16.5. The molecule has 10 nitrogen and oxygen atoms in total. The third kappa shape index (κ3) is 6.31. The summed E-state index contributed by atoms with van der Waals surface area (Å²) in [5.74, 6) is 2.01. The Hall–Kier alpha value is -2.89. The highest BCUT2D eigenvalue weighted by Crippen LogP contribution is 2.33. The molecule has 2 atom stereocenters. The van der Waals surface area contributed by atoms with Gasteiger partial charge in [0, 0.05) is 30.4 Å². The van der Waals surface area contributed by atoms with Crippen LogP contribution in [0.25, 0.3) is 22.6 Å². The van der Waals surface area contributed by atoms with Crippen LogP contribution in [0.2, 0.25) is 0 Å². The van der Waals surface area contributed by atoms with Crippen molar-refractivity contribution < 1.29 is 23.8 Å². The van der Waals surface area contributed by atoms with Gasteiger partial charge in [-0.2, -0.15) is 0 Å². The van der Waals surface area contributed by atoms with Crippen LogP contribution in [0.3, 0.4) is 0 Å². The number of hydrogen-bond donors (Lipinski definition) is 2. The summed E-state index contributed by atoms with van der Waals surface area (Å²) in [5, 5.41) is 17.2. The van der Waals surface area contributed by atoms with Crippen LogP contribution in [0.15, 0.2) is 28.8 Å². The van der Waals surface area contributed by atoms with Gasteiger partial charge >= 0.3 is 0 Å². The van der Waals surface area contributed by atoms with Gasteiger partial charge in [-0.25, -0.2) is 9.97 Å². The van der Waals surface area contributed by atoms with E-state index in [9.17, 15) is 5.11 Å². The first-order valence-corrected chi connectivity index (χ1v) is 13.7. The van der Waals surface area contributed by atoms with E-state index < -0.39 is 6.10 Å². The van der Waals surface area contributed by atoms with Crippen molar-refractivity contribution in [3.8, 4) is 28.4 Å². The van der Waals surface area contributed by atoms with Gasteiger partial charge in [0.05, 0.1) is 49.4 Å². The number of morpholine rings is 1. The van der Waals surface area contributed by atoms with Gasteiger partial charge in [-0.05, 0) is 58.4 Å². The molecule has 39 heavy (non-hydrogen) atoms. The lowest BCUT2D eigenvalue weighted by molar-refractivity contribution is -0.118. The molecule has 2 aliphatic rings. The van der Waals surface area contributed by atoms with Crippen molar-refractivity contribution in [1.29, 1.82) is 0 Å². The second-order valence-corrected chi connectivity index (χ2v) is 10.4. The maximum absolute atomic E-state index is 10.1. The Morgan fingerprint density at radius 2 is 2.00 bits per heavy atom. The Morgan fingerprint density at radius 1 is 1.15 bits per heavy atom. The van der Waals surface area contributed by atoms with Gasteiger partial charge in [-0.3, -0.25) is 4.90 Å². The fourth-order valence-corrected chi connectivity index (χ4v) is 5.33. The number of aliphatic hydroxyl groups excluding tert-OH is 1. The highest BCUT2D eigenvalue weighted by molar-refractivity contribution is 5.71. The SMILES string of the molecule is CNCC(O)COc1cccc(-c2nc(CC[C@H]3COCCN3C3COC3)c(C)c(-c3c(C)noc3C)n2)c1. The number of likely N-dealkylation sites (N-methyl/N-ethyl adjacent to an activating group) is 1. The molecule has 5 rings (SSSR count). The number of aryl methyl sites for hydroxylation is 3. The minimum atomic E-state index is -0.596. The fraction of sp³-hybridized carbons (Fsp3) is 0.552. The summed E-state index contributed by atoms with van der Waals surface area (Å²) in [6, 6.07) is 8.51. The topological polar surface area (TPSA) is 115 Å². The molecule has 2 fully saturated rings. The molecule has 210 valence electrons. The first-order chi connectivity index (χ1) is 18.9. The fourth-order valence-electron chi connectivity index (χ4n) is 5.33. The molecular formula is C29H39N5O5. The van der Waals surface area contributed by atoms with Crippen LogP contribution in [-0.4, -0.2) is 96.5 Å². The molecule has 0 radical (unpaired) electrons. The molecule has 0 aliphatic carbocycles. The van der Waals surface area contributed by atoms with Crippen molar-refractivity contribution in [3.05, 3.63) is 47.0 Å². The summed E-state index contributed by atoms with van der Waals surface area (Å²) in [4.78, 5) is 12.6. The average Bonchev–Trinajstić information content (AvgIpc) is 3.24. The molecule has 0 amide bonds. The molecule has 2 aromatic heterocycles. The standard InChI is InChI=1S/C29H39N5O5/c1-18-26(9-8-22-14-36-11-10-34(22)23-15-37-16-23)31-29(32-28(18)27-19(2)33-39-20(27)3)21-6-5-7-25(12-21)38-17-24(35)13-30-4/h5-7,12,22-24,30,35H,8-11,13-17H2,1-4H3/t22-,24?/m0/s1. The number of nitrogens with zero attached hydrogens (tertiary/aromatic N) is 4. The summed E-state index contributed by atoms with van der Waals surface area (Å²) >= 11 is 0. The van der Waals surface area contributed by atoms with Crippen LogP contribution < -0.4 is 10.1 Å². The molecule has 2 aliphatic heterocycles. The lowest BCUT2D eigenvalue weighted by Gasteiger charge is -2.44. The number of benzene rings is 1. The monoisotopic (exact) mass is 537 g/mol. The van der Waals surface area contributed by atoms with Gasteiger partial charge in [0.15, 0.2) is 5.82 Å². The van der Waals surface area contributed by atoms with E-state index in [-0.39, 0.29) is 6.61 Å². The number of hydrogen-bond acceptors (Lipinski definition) is 10. The van der Waals surface area contributed by atoms with Crippen LogP contribution in [0.4, 0.5) is 0 Å². The molecule has 10 heteroatoms. The molecule has 4 heterocycles. The van der Waals surface area contributed by atoms with Crippen molar-refractivity contribution in [2.75, 3.05) is 53.2 Å². The third-order valence-corrected chi connectivity index (χ3v) is 7.57. The van der Waals surface area contributed by atoms with Gasteiger partial charge < -0.3 is 29.2 Å². The van der Waals surface area contributed by atoms with E-state index in [0.717, 1.165) is 85.3 Å². The van der Waals surface area contributed by atoms with E-state index in [1.807, 2.05) is 38.1 Å². The van der Waals surface area contributed by atoms with Crippen molar-refractivity contribution >= 4 is 0 Å². The smallest absolute Gasteiger partial charge is 0.160 e. The summed E-state index contributed by atoms with van der Waals surface area (Å²) in [5.41, 5.74) is 5.44. The molecule has 2 saturated heterocycles. The zero-order valence-electron chi connectivity index (χ0n) is 23.3. The quantitative estimate of drug-likeness (QED) is 0.378. The molecule has 1 unspecified atom stereocenters. The van der Waals surface area contributed by atoms with E-state index >= 15 is 0 Å². The van der Waals surface area contributed by atoms with Crippen molar-refractivity contribution in [2.24, 2.45) is 0 Å². The Kier molecular flexibility index (Phi) is 8.89. The summed E-state index contributed by atoms with van der Waals surface area (Å²) in [6.45, 7) is 10.6. The summed E-state index contributed by atoms with van der Waals surface area (Å²) in [6.07, 6.45) is 1.13. The molecule has 3 aromatic rings. The van der Waals surface area contributed by atoms with Gasteiger partial charge in [-0.15, -0.1) is 0 Å². The number of rotatable bonds is 11. The van der Waals surface area contributed by atoms with E-state index in [1.54, 1.807) is 7.05 Å². The lowest BCUT2D eigenvalue weighted by Crippen LogP contribution is -2.57. The molecule has 1 aromatic carbocycles. The van der Waals surface area contributed by atoms with E-state index in [0.29, 0.717) is 30.2 Å². The molecule has 0 bridgehead atoms. The second kappa shape index (κ2) is 12.5. The minimum Gasteiger partial charge on any atom is -0.491 e. The maximum Gasteiger partial charge on any atom is 0.160 e. The van der Waals surface area contributed by atoms with Gasteiger partial charge in [0.25, 0.3) is 0 Å².